The molecule has 2 aliphatic rings. The highest BCUT2D eigenvalue weighted by Crippen LogP contribution is 2.24. The van der Waals surface area contributed by atoms with Crippen molar-refractivity contribution < 1.29 is 4.42 Å². The predicted molar refractivity (Wildman–Crippen MR) is 79.9 cm³/mol. The normalized spacial score (nSPS) is 23.9. The number of anilines is 1. The number of nitrogens with one attached hydrogen (secondary N) is 1. The molecule has 1 unspecified atom stereocenters. The lowest BCUT2D eigenvalue weighted by Gasteiger charge is -2.43. The molecule has 112 valence electrons. The van der Waals surface area contributed by atoms with E-state index in [1.165, 1.54) is 25.8 Å². The lowest BCUT2D eigenvalue weighted by molar-refractivity contribution is 0.131. The molecule has 0 spiro atoms. The average Bonchev–Trinajstić information content (AvgIpc) is 2.96. The quantitative estimate of drug-likeness (QED) is 0.833. The molecule has 0 saturated carbocycles. The first-order valence-corrected chi connectivity index (χ1v) is 8.01. The number of aromatic nitrogens is 1. The molecule has 3 rings (SSSR count). The molecule has 1 aromatic heterocycles. The van der Waals surface area contributed by atoms with Crippen LogP contribution in [0, 0.1) is 0 Å². The molecule has 2 saturated heterocycles. The first-order valence-electron chi connectivity index (χ1n) is 8.01. The Morgan fingerprint density at radius 2 is 2.30 bits per heavy atom. The van der Waals surface area contributed by atoms with Crippen molar-refractivity contribution in [1.82, 2.24) is 15.2 Å². The largest absolute Gasteiger partial charge is 0.432 e. The number of piperidine rings is 1. The number of oxazole rings is 1. The van der Waals surface area contributed by atoms with Crippen LogP contribution in [-0.2, 0) is 6.54 Å². The van der Waals surface area contributed by atoms with Crippen LogP contribution in [0.25, 0.3) is 0 Å². The third-order valence-electron chi connectivity index (χ3n) is 4.38. The smallest absolute Gasteiger partial charge is 0.297 e. The van der Waals surface area contributed by atoms with Gasteiger partial charge in [-0.3, -0.25) is 4.90 Å². The summed E-state index contributed by atoms with van der Waals surface area (Å²) in [6.07, 6.45) is 7.00. The second-order valence-electron chi connectivity index (χ2n) is 5.93. The molecule has 1 N–H and O–H groups in total. The summed E-state index contributed by atoms with van der Waals surface area (Å²) in [5.41, 5.74) is 1.01. The zero-order valence-electron chi connectivity index (χ0n) is 12.5. The standard InChI is InChI=1S/C15H26N4O/c1-2-6-16-10-13-12-20-15(17-13)19-9-8-18-7-4-3-5-14(18)11-19/h12,14,16H,2-11H2,1H3. The maximum absolute atomic E-state index is 5.67. The number of rotatable bonds is 5. The van der Waals surface area contributed by atoms with Crippen molar-refractivity contribution in [3.8, 4) is 0 Å². The number of hydrogen-bond acceptors (Lipinski definition) is 5. The third kappa shape index (κ3) is 3.15. The van der Waals surface area contributed by atoms with E-state index in [1.807, 2.05) is 0 Å². The third-order valence-corrected chi connectivity index (χ3v) is 4.38. The number of hydrogen-bond donors (Lipinski definition) is 1. The molecular weight excluding hydrogens is 252 g/mol. The van der Waals surface area contributed by atoms with Gasteiger partial charge < -0.3 is 14.6 Å². The Morgan fingerprint density at radius 3 is 3.20 bits per heavy atom. The molecule has 20 heavy (non-hydrogen) atoms. The molecule has 0 aliphatic carbocycles. The molecule has 0 amide bonds. The second-order valence-corrected chi connectivity index (χ2v) is 5.93. The van der Waals surface area contributed by atoms with E-state index in [2.05, 4.69) is 27.0 Å². The Kier molecular flexibility index (Phi) is 4.58. The van der Waals surface area contributed by atoms with Gasteiger partial charge in [0.2, 0.25) is 0 Å². The minimum atomic E-state index is 0.700. The van der Waals surface area contributed by atoms with Gasteiger partial charge in [-0.05, 0) is 32.4 Å². The van der Waals surface area contributed by atoms with Crippen LogP contribution in [0.2, 0.25) is 0 Å². The fourth-order valence-corrected chi connectivity index (χ4v) is 3.25. The molecule has 1 atom stereocenters. The van der Waals surface area contributed by atoms with Crippen molar-refractivity contribution >= 4 is 6.01 Å². The summed E-state index contributed by atoms with van der Waals surface area (Å²) in [4.78, 5) is 9.57. The Labute approximate surface area is 121 Å². The highest BCUT2D eigenvalue weighted by Gasteiger charge is 2.30. The van der Waals surface area contributed by atoms with E-state index in [0.29, 0.717) is 6.04 Å². The topological polar surface area (TPSA) is 44.5 Å². The van der Waals surface area contributed by atoms with Gasteiger partial charge in [0.15, 0.2) is 0 Å². The van der Waals surface area contributed by atoms with E-state index in [1.54, 1.807) is 6.26 Å². The van der Waals surface area contributed by atoms with Crippen LogP contribution < -0.4 is 10.2 Å². The van der Waals surface area contributed by atoms with Crippen molar-refractivity contribution in [3.63, 3.8) is 0 Å². The van der Waals surface area contributed by atoms with Crippen LogP contribution in [0.3, 0.4) is 0 Å². The number of fused-ring (bicyclic) bond motifs is 1. The van der Waals surface area contributed by atoms with Crippen molar-refractivity contribution in [2.75, 3.05) is 37.6 Å². The fraction of sp³-hybridized carbons (Fsp3) is 0.800. The molecule has 3 heterocycles. The Bertz CT molecular complexity index is 420. The molecule has 0 aromatic carbocycles. The number of piperazine rings is 1. The van der Waals surface area contributed by atoms with Crippen molar-refractivity contribution in [3.05, 3.63) is 12.0 Å². The van der Waals surface area contributed by atoms with E-state index in [0.717, 1.165) is 50.9 Å². The lowest BCUT2D eigenvalue weighted by atomic mass is 10.00. The lowest BCUT2D eigenvalue weighted by Crippen LogP contribution is -2.55. The van der Waals surface area contributed by atoms with E-state index in [9.17, 15) is 0 Å². The molecule has 0 bridgehead atoms. The van der Waals surface area contributed by atoms with Crippen LogP contribution in [0.15, 0.2) is 10.7 Å². The van der Waals surface area contributed by atoms with Crippen molar-refractivity contribution in [2.24, 2.45) is 0 Å². The summed E-state index contributed by atoms with van der Waals surface area (Å²) >= 11 is 0. The van der Waals surface area contributed by atoms with Crippen LogP contribution in [-0.4, -0.2) is 48.6 Å². The van der Waals surface area contributed by atoms with Gasteiger partial charge in [0, 0.05) is 32.2 Å². The van der Waals surface area contributed by atoms with Gasteiger partial charge in [-0.2, -0.15) is 4.98 Å². The highest BCUT2D eigenvalue weighted by molar-refractivity contribution is 5.29. The van der Waals surface area contributed by atoms with Gasteiger partial charge >= 0.3 is 0 Å². The summed E-state index contributed by atoms with van der Waals surface area (Å²) in [5.74, 6) is 0. The molecular formula is C15H26N4O. The molecule has 1 aromatic rings. The van der Waals surface area contributed by atoms with E-state index in [-0.39, 0.29) is 0 Å². The monoisotopic (exact) mass is 278 g/mol. The summed E-state index contributed by atoms with van der Waals surface area (Å²) in [5, 5.41) is 3.36. The van der Waals surface area contributed by atoms with Gasteiger partial charge in [0.05, 0.1) is 5.69 Å². The van der Waals surface area contributed by atoms with Crippen LogP contribution >= 0.6 is 0 Å². The van der Waals surface area contributed by atoms with Gasteiger partial charge in [-0.1, -0.05) is 13.3 Å². The number of nitrogens with zero attached hydrogens (tertiary/aromatic N) is 3. The Hall–Kier alpha value is -1.07. The molecule has 5 nitrogen and oxygen atoms in total. The van der Waals surface area contributed by atoms with Crippen LogP contribution in [0.1, 0.15) is 38.3 Å². The summed E-state index contributed by atoms with van der Waals surface area (Å²) < 4.78 is 5.67. The first kappa shape index (κ1) is 13.9. The zero-order valence-corrected chi connectivity index (χ0v) is 12.5. The Morgan fingerprint density at radius 1 is 1.35 bits per heavy atom. The van der Waals surface area contributed by atoms with Gasteiger partial charge in [-0.25, -0.2) is 0 Å². The molecule has 0 radical (unpaired) electrons. The maximum atomic E-state index is 5.67. The van der Waals surface area contributed by atoms with Gasteiger partial charge in [0.1, 0.15) is 6.26 Å². The van der Waals surface area contributed by atoms with E-state index >= 15 is 0 Å². The fourth-order valence-electron chi connectivity index (χ4n) is 3.25. The highest BCUT2D eigenvalue weighted by atomic mass is 16.4. The molecule has 2 aliphatic heterocycles. The minimum Gasteiger partial charge on any atom is -0.432 e. The summed E-state index contributed by atoms with van der Waals surface area (Å²) in [7, 11) is 0. The molecule has 5 heteroatoms. The second kappa shape index (κ2) is 6.59. The SMILES string of the molecule is CCCNCc1coc(N2CCN3CCCCC3C2)n1. The first-order chi connectivity index (χ1) is 9.86. The van der Waals surface area contributed by atoms with Gasteiger partial charge in [0.25, 0.3) is 6.01 Å². The minimum absolute atomic E-state index is 0.700. The van der Waals surface area contributed by atoms with Crippen LogP contribution in [0.5, 0.6) is 0 Å². The van der Waals surface area contributed by atoms with Gasteiger partial charge in [-0.15, -0.1) is 0 Å². The zero-order chi connectivity index (χ0) is 13.8. The van der Waals surface area contributed by atoms with Crippen LogP contribution in [0.4, 0.5) is 6.01 Å². The van der Waals surface area contributed by atoms with Crippen molar-refractivity contribution in [2.45, 2.75) is 45.2 Å². The maximum Gasteiger partial charge on any atom is 0.297 e. The average molecular weight is 278 g/mol. The summed E-state index contributed by atoms with van der Waals surface area (Å²) in [6, 6.07) is 1.51. The Balaban J connectivity index is 1.56. The predicted octanol–water partition coefficient (Wildman–Crippen LogP) is 1.85. The van der Waals surface area contributed by atoms with E-state index in [4.69, 9.17) is 4.42 Å². The van der Waals surface area contributed by atoms with Crippen molar-refractivity contribution in [1.29, 1.82) is 0 Å². The molecule has 2 fully saturated rings. The van der Waals surface area contributed by atoms with E-state index < -0.39 is 0 Å². The summed E-state index contributed by atoms with van der Waals surface area (Å²) in [6.45, 7) is 8.54.